The van der Waals surface area contributed by atoms with Gasteiger partial charge in [-0.05, 0) is 0 Å². The van der Waals surface area contributed by atoms with Gasteiger partial charge in [0.1, 0.15) is 0 Å². The number of hydrogen-bond acceptors (Lipinski definition) is 0. The van der Waals surface area contributed by atoms with E-state index in [1.165, 1.54) is 94.1 Å². The van der Waals surface area contributed by atoms with Crippen LogP contribution in [-0.4, -0.2) is 0 Å². The van der Waals surface area contributed by atoms with Gasteiger partial charge in [0.2, 0.25) is 0 Å². The molecule has 0 saturated carbocycles. The van der Waals surface area contributed by atoms with Crippen molar-refractivity contribution in [1.82, 2.24) is 0 Å². The van der Waals surface area contributed by atoms with Crippen LogP contribution in [-0.2, 0) is 35.5 Å². The molecule has 0 aromatic heterocycles. The molecule has 0 nitrogen and oxygen atoms in total. The average Bonchev–Trinajstić information content (AvgIpc) is 3.55. The van der Waals surface area contributed by atoms with Crippen LogP contribution < -0.4 is 47.7 Å². The monoisotopic (exact) mass is 700 g/mol. The van der Waals surface area contributed by atoms with Crippen molar-refractivity contribution in [3.05, 3.63) is 147 Å². The molecule has 0 aliphatic heterocycles. The number of allylic oxidation sites excluding steroid dienone is 4. The Hall–Kier alpha value is -2.15. The van der Waals surface area contributed by atoms with Crippen LogP contribution in [0.25, 0.3) is 25.6 Å². The molecule has 218 valence electrons. The van der Waals surface area contributed by atoms with Crippen molar-refractivity contribution in [2.45, 2.75) is 58.8 Å². The maximum Gasteiger partial charge on any atom is -1.00 e. The van der Waals surface area contributed by atoms with Gasteiger partial charge in [0.15, 0.2) is 0 Å². The molecule has 4 heteroatoms. The van der Waals surface area contributed by atoms with Gasteiger partial charge in [0, 0.05) is 0 Å². The Morgan fingerprint density at radius 2 is 1.23 bits per heavy atom. The molecule has 2 aliphatic carbocycles. The summed E-state index contributed by atoms with van der Waals surface area (Å²) in [5, 5.41) is 2.81. The third kappa shape index (κ3) is 6.48. The zero-order chi connectivity index (χ0) is 28.2. The van der Waals surface area contributed by atoms with Crippen molar-refractivity contribution in [1.29, 1.82) is 0 Å². The molecule has 0 fully saturated rings. The Labute approximate surface area is 291 Å². The van der Waals surface area contributed by atoms with Gasteiger partial charge in [-0.1, -0.05) is 0 Å². The molecule has 0 saturated heterocycles. The maximum absolute atomic E-state index is 2.53. The largest absolute Gasteiger partial charge is 1.00 e. The molecule has 4 aromatic rings. The van der Waals surface area contributed by atoms with Gasteiger partial charge in [0.05, 0.1) is 0 Å². The van der Waals surface area contributed by atoms with Gasteiger partial charge in [-0.3, -0.25) is 0 Å². The number of fused-ring (bicyclic) bond motifs is 3. The normalized spacial score (nSPS) is 13.3. The fourth-order valence-electron chi connectivity index (χ4n) is 6.36. The molecule has 6 rings (SSSR count). The molecular weight excluding hydrogens is 666 g/mol. The standard InChI is InChI=1S/C39H37.3ClH.Zr/c1-38(2,3)30-21-22-31-29(23-30)24-33-32(31)25-34(37(39(4,5)6)36(33)28-19-13-14-20-28)35(26-15-9-7-10-16-26)27-17-11-8-12-18-27;;;;/h7-19,21-23,25H,20H2,1-6H3;3*1H;/q;;;;+3/p-3. The second kappa shape index (κ2) is 13.5. The smallest absolute Gasteiger partial charge is 1.00 e. The molecule has 43 heavy (non-hydrogen) atoms. The average molecular weight is 703 g/mol. The van der Waals surface area contributed by atoms with Crippen molar-refractivity contribution >= 4 is 14.4 Å². The van der Waals surface area contributed by atoms with E-state index < -0.39 is 0 Å². The van der Waals surface area contributed by atoms with Crippen molar-refractivity contribution in [3.63, 3.8) is 0 Å². The second-order valence-electron chi connectivity index (χ2n) is 13.2. The summed E-state index contributed by atoms with van der Waals surface area (Å²) in [7, 11) is 0. The number of hydrogen-bond donors (Lipinski definition) is 0. The topological polar surface area (TPSA) is 0 Å². The SMILES string of the molecule is CC(C)(C)c1ccc2c(c1)[C]([Zr+3])=c1c-2cc(=C(c2ccccc2)c2ccccc2)c(C(C)(C)C)c1C1=CC=CC1.[Cl-].[Cl-].[Cl-]. The van der Waals surface area contributed by atoms with Crippen LogP contribution in [0.2, 0.25) is 0 Å². The third-order valence-electron chi connectivity index (χ3n) is 8.26. The van der Waals surface area contributed by atoms with Crippen molar-refractivity contribution in [2.75, 3.05) is 0 Å². The van der Waals surface area contributed by atoms with Crippen LogP contribution in [0.5, 0.6) is 0 Å². The Morgan fingerprint density at radius 3 is 1.72 bits per heavy atom. The van der Waals surface area contributed by atoms with Crippen LogP contribution in [0.1, 0.15) is 81.3 Å². The van der Waals surface area contributed by atoms with E-state index in [2.05, 4.69) is 145 Å². The van der Waals surface area contributed by atoms with E-state index in [1.54, 1.807) is 0 Å². The Bertz CT molecular complexity index is 1780. The first-order valence-corrected chi connectivity index (χ1v) is 15.6. The number of rotatable bonds is 3. The minimum absolute atomic E-state index is 0. The van der Waals surface area contributed by atoms with Crippen molar-refractivity contribution < 1.29 is 61.9 Å². The minimum atomic E-state index is -0.0559. The first-order valence-electron chi connectivity index (χ1n) is 14.4. The minimum Gasteiger partial charge on any atom is -1.00 e. The van der Waals surface area contributed by atoms with Crippen molar-refractivity contribution in [2.24, 2.45) is 0 Å². The van der Waals surface area contributed by atoms with E-state index in [0.29, 0.717) is 0 Å². The molecular formula is C39H37Cl3Zr. The third-order valence-corrected chi connectivity index (χ3v) is 9.54. The summed E-state index contributed by atoms with van der Waals surface area (Å²) in [4.78, 5) is 0. The van der Waals surface area contributed by atoms with Gasteiger partial charge >= 0.3 is 256 Å². The quantitative estimate of drug-likeness (QED) is 0.272. The molecule has 0 spiro atoms. The van der Waals surface area contributed by atoms with Crippen molar-refractivity contribution in [3.8, 4) is 11.1 Å². The number of halogens is 3. The second-order valence-corrected chi connectivity index (χ2v) is 14.4. The Morgan fingerprint density at radius 1 is 0.651 bits per heavy atom. The van der Waals surface area contributed by atoms with Crippen LogP contribution in [0.4, 0.5) is 0 Å². The van der Waals surface area contributed by atoms with E-state index in [1.807, 2.05) is 0 Å². The van der Waals surface area contributed by atoms with E-state index in [4.69, 9.17) is 0 Å². The summed E-state index contributed by atoms with van der Waals surface area (Å²) >= 11 is 1.47. The molecule has 0 bridgehead atoms. The molecule has 0 unspecified atom stereocenters. The molecule has 2 aliphatic rings. The van der Waals surface area contributed by atoms with Crippen LogP contribution in [0.3, 0.4) is 0 Å². The van der Waals surface area contributed by atoms with Gasteiger partial charge < -0.3 is 37.2 Å². The summed E-state index contributed by atoms with van der Waals surface area (Å²) in [5.74, 6) is 0. The van der Waals surface area contributed by atoms with Crippen LogP contribution >= 0.6 is 0 Å². The van der Waals surface area contributed by atoms with Crippen LogP contribution in [0, 0.1) is 0 Å². The first kappa shape index (κ1) is 35.3. The zero-order valence-electron chi connectivity index (χ0n) is 25.7. The fourth-order valence-corrected chi connectivity index (χ4v) is 7.51. The van der Waals surface area contributed by atoms with E-state index in [0.717, 1.165) is 6.42 Å². The van der Waals surface area contributed by atoms with Gasteiger partial charge in [0.25, 0.3) is 0 Å². The Balaban J connectivity index is 0.00000169. The summed E-state index contributed by atoms with van der Waals surface area (Å²) < 4.78 is 1.49. The summed E-state index contributed by atoms with van der Waals surface area (Å²) in [6.07, 6.45) is 7.88. The molecule has 0 atom stereocenters. The molecule has 0 radical (unpaired) electrons. The Kier molecular flexibility index (Phi) is 11.1. The first-order chi connectivity index (χ1) is 19.1. The van der Waals surface area contributed by atoms with Crippen LogP contribution in [0.15, 0.2) is 103 Å². The molecule has 0 amide bonds. The van der Waals surface area contributed by atoms with Gasteiger partial charge in [-0.25, -0.2) is 0 Å². The molecule has 0 N–H and O–H groups in total. The summed E-state index contributed by atoms with van der Waals surface area (Å²) in [6, 6.07) is 31.7. The predicted molar refractivity (Wildman–Crippen MR) is 167 cm³/mol. The van der Waals surface area contributed by atoms with E-state index in [-0.39, 0.29) is 48.1 Å². The predicted octanol–water partition coefficient (Wildman–Crippen LogP) is -0.432. The zero-order valence-corrected chi connectivity index (χ0v) is 30.4. The molecule has 0 heterocycles. The van der Waals surface area contributed by atoms with E-state index in [9.17, 15) is 0 Å². The van der Waals surface area contributed by atoms with Gasteiger partial charge in [-0.2, -0.15) is 0 Å². The molecule has 4 aromatic carbocycles. The number of benzene rings is 4. The van der Waals surface area contributed by atoms with Gasteiger partial charge in [-0.15, -0.1) is 0 Å². The fraction of sp³-hybridized carbons (Fsp3) is 0.231. The summed E-state index contributed by atoms with van der Waals surface area (Å²) in [6.45, 7) is 14.1. The summed E-state index contributed by atoms with van der Waals surface area (Å²) in [5.41, 5.74) is 13.8. The van der Waals surface area contributed by atoms with E-state index >= 15 is 0 Å². The maximum atomic E-state index is 2.53.